The summed E-state index contributed by atoms with van der Waals surface area (Å²) in [6, 6.07) is 12.5. The van der Waals surface area contributed by atoms with Gasteiger partial charge in [-0.2, -0.15) is 0 Å². The number of benzene rings is 1. The molecule has 0 radical (unpaired) electrons. The van der Waals surface area contributed by atoms with E-state index in [1.54, 1.807) is 0 Å². The molecule has 1 aromatic carbocycles. The highest BCUT2D eigenvalue weighted by molar-refractivity contribution is 7.85. The van der Waals surface area contributed by atoms with Gasteiger partial charge in [-0.3, -0.25) is 0 Å². The van der Waals surface area contributed by atoms with E-state index in [2.05, 4.69) is 54.2 Å². The van der Waals surface area contributed by atoms with Gasteiger partial charge in [-0.05, 0) is 12.1 Å². The Balaban J connectivity index is 0.000000203. The summed E-state index contributed by atoms with van der Waals surface area (Å²) in [5.74, 6) is -0.688. The predicted molar refractivity (Wildman–Crippen MR) is 66.8 cm³/mol. The molecular formula is C12H15NO4S. The first-order valence-electron chi connectivity index (χ1n) is 5.32. The summed E-state index contributed by atoms with van der Waals surface area (Å²) < 4.78 is 30.7. The third-order valence-corrected chi connectivity index (χ3v) is 2.93. The van der Waals surface area contributed by atoms with Gasteiger partial charge in [-0.15, -0.1) is 0 Å². The second-order valence-corrected chi connectivity index (χ2v) is 5.19. The van der Waals surface area contributed by atoms with Crippen molar-refractivity contribution in [2.24, 2.45) is 7.05 Å². The SMILES string of the molecule is C[n+]1cccc2ccccc21.O=S(=O)([O-])CCO. The van der Waals surface area contributed by atoms with Crippen LogP contribution in [0, 0.1) is 0 Å². The van der Waals surface area contributed by atoms with Crippen molar-refractivity contribution in [2.75, 3.05) is 12.4 Å². The summed E-state index contributed by atoms with van der Waals surface area (Å²) in [6.07, 6.45) is 2.06. The lowest BCUT2D eigenvalue weighted by Crippen LogP contribution is -2.27. The third-order valence-electron chi connectivity index (χ3n) is 2.24. The van der Waals surface area contributed by atoms with Gasteiger partial charge in [0, 0.05) is 17.5 Å². The largest absolute Gasteiger partial charge is 0.748 e. The topological polar surface area (TPSA) is 81.3 Å². The van der Waals surface area contributed by atoms with Gasteiger partial charge in [0.1, 0.15) is 7.05 Å². The molecule has 0 saturated carbocycles. The van der Waals surface area contributed by atoms with Gasteiger partial charge in [0.2, 0.25) is 5.52 Å². The fourth-order valence-electron chi connectivity index (χ4n) is 1.42. The standard InChI is InChI=1S/C10H10N.C2H6O4S/c1-11-8-4-6-9-5-2-3-7-10(9)11;3-1-2-7(4,5)6/h2-8H,1H3;3H,1-2H2,(H,4,5,6)/q+1;/p-1. The molecule has 1 heterocycles. The van der Waals surface area contributed by atoms with E-state index in [0.29, 0.717) is 0 Å². The van der Waals surface area contributed by atoms with Crippen molar-refractivity contribution >= 4 is 21.0 Å². The van der Waals surface area contributed by atoms with E-state index >= 15 is 0 Å². The molecule has 0 aliphatic heterocycles. The average Bonchev–Trinajstić information content (AvgIpc) is 2.29. The fraction of sp³-hybridized carbons (Fsp3) is 0.250. The first-order valence-corrected chi connectivity index (χ1v) is 6.89. The molecule has 0 atom stereocenters. The van der Waals surface area contributed by atoms with Crippen LogP contribution in [0.1, 0.15) is 0 Å². The van der Waals surface area contributed by atoms with E-state index in [-0.39, 0.29) is 0 Å². The number of aryl methyl sites for hydroxylation is 1. The Bertz CT molecular complexity index is 605. The maximum absolute atomic E-state index is 9.52. The van der Waals surface area contributed by atoms with Crippen LogP contribution >= 0.6 is 0 Å². The summed E-state index contributed by atoms with van der Waals surface area (Å²) in [7, 11) is -2.12. The lowest BCUT2D eigenvalue weighted by atomic mass is 10.2. The molecule has 0 spiro atoms. The van der Waals surface area contributed by atoms with E-state index in [1.165, 1.54) is 10.9 Å². The Morgan fingerprint density at radius 3 is 2.33 bits per heavy atom. The van der Waals surface area contributed by atoms with Gasteiger partial charge in [0.15, 0.2) is 6.20 Å². The van der Waals surface area contributed by atoms with E-state index in [0.717, 1.165) is 0 Å². The second-order valence-electron chi connectivity index (χ2n) is 3.66. The van der Waals surface area contributed by atoms with Gasteiger partial charge in [-0.25, -0.2) is 13.0 Å². The van der Waals surface area contributed by atoms with Gasteiger partial charge >= 0.3 is 0 Å². The first kappa shape index (κ1) is 14.6. The fourth-order valence-corrected chi connectivity index (χ4v) is 1.64. The summed E-state index contributed by atoms with van der Waals surface area (Å²) in [6.45, 7) is -0.591. The lowest BCUT2D eigenvalue weighted by molar-refractivity contribution is -0.644. The van der Waals surface area contributed by atoms with Gasteiger partial charge < -0.3 is 9.66 Å². The number of hydrogen-bond donors (Lipinski definition) is 1. The van der Waals surface area contributed by atoms with Crippen LogP contribution in [0.25, 0.3) is 10.9 Å². The Hall–Kier alpha value is -1.50. The average molecular weight is 269 g/mol. The van der Waals surface area contributed by atoms with Crippen LogP contribution in [-0.2, 0) is 17.2 Å². The zero-order valence-electron chi connectivity index (χ0n) is 9.98. The first-order chi connectivity index (χ1) is 8.44. The smallest absolute Gasteiger partial charge is 0.212 e. The number of fused-ring (bicyclic) bond motifs is 1. The maximum Gasteiger partial charge on any atom is 0.212 e. The minimum atomic E-state index is -4.17. The molecule has 0 aliphatic rings. The molecule has 0 bridgehead atoms. The Morgan fingerprint density at radius 1 is 1.22 bits per heavy atom. The summed E-state index contributed by atoms with van der Waals surface area (Å²) in [4.78, 5) is 0. The normalized spacial score (nSPS) is 10.8. The van der Waals surface area contributed by atoms with Crippen molar-refractivity contribution in [1.82, 2.24) is 0 Å². The summed E-state index contributed by atoms with van der Waals surface area (Å²) >= 11 is 0. The zero-order chi connectivity index (χ0) is 13.6. The molecule has 5 nitrogen and oxygen atoms in total. The van der Waals surface area contributed by atoms with Crippen LogP contribution in [0.4, 0.5) is 0 Å². The molecule has 2 rings (SSSR count). The molecule has 18 heavy (non-hydrogen) atoms. The molecule has 1 N–H and O–H groups in total. The van der Waals surface area contributed by atoms with Crippen LogP contribution in [-0.4, -0.2) is 30.4 Å². The van der Waals surface area contributed by atoms with Crippen molar-refractivity contribution in [2.45, 2.75) is 0 Å². The zero-order valence-corrected chi connectivity index (χ0v) is 10.8. The minimum Gasteiger partial charge on any atom is -0.748 e. The highest BCUT2D eigenvalue weighted by Crippen LogP contribution is 2.06. The Labute approximate surface area is 106 Å². The predicted octanol–water partition coefficient (Wildman–Crippen LogP) is 0.188. The molecule has 6 heteroatoms. The number of hydrogen-bond acceptors (Lipinski definition) is 4. The number of nitrogens with zero attached hydrogens (tertiary/aromatic N) is 1. The van der Waals surface area contributed by atoms with Crippen molar-refractivity contribution < 1.29 is 22.6 Å². The van der Waals surface area contributed by atoms with Crippen molar-refractivity contribution in [3.05, 3.63) is 42.6 Å². The van der Waals surface area contributed by atoms with Crippen LogP contribution in [0.5, 0.6) is 0 Å². The van der Waals surface area contributed by atoms with E-state index in [9.17, 15) is 13.0 Å². The van der Waals surface area contributed by atoms with Crippen LogP contribution in [0.2, 0.25) is 0 Å². The number of para-hydroxylation sites is 1. The maximum atomic E-state index is 9.52. The molecule has 0 fully saturated rings. The van der Waals surface area contributed by atoms with E-state index in [4.69, 9.17) is 5.11 Å². The molecule has 0 aliphatic carbocycles. The second kappa shape index (κ2) is 6.44. The molecule has 0 amide bonds. The number of aromatic nitrogens is 1. The summed E-state index contributed by atoms with van der Waals surface area (Å²) in [5.41, 5.74) is 1.27. The lowest BCUT2D eigenvalue weighted by Gasteiger charge is -2.00. The molecule has 2 aromatic rings. The molecular weight excluding hydrogens is 254 g/mol. The van der Waals surface area contributed by atoms with Crippen LogP contribution in [0.15, 0.2) is 42.6 Å². The molecule has 0 unspecified atom stereocenters. The van der Waals surface area contributed by atoms with Crippen LogP contribution < -0.4 is 4.57 Å². The minimum absolute atomic E-state index is 0.591. The monoisotopic (exact) mass is 269 g/mol. The highest BCUT2D eigenvalue weighted by atomic mass is 32.2. The molecule has 98 valence electrons. The molecule has 1 aromatic heterocycles. The Morgan fingerprint density at radius 2 is 1.83 bits per heavy atom. The van der Waals surface area contributed by atoms with Crippen molar-refractivity contribution in [1.29, 1.82) is 0 Å². The van der Waals surface area contributed by atoms with Gasteiger partial charge in [0.25, 0.3) is 0 Å². The molecule has 0 saturated heterocycles. The van der Waals surface area contributed by atoms with Crippen molar-refractivity contribution in [3.63, 3.8) is 0 Å². The summed E-state index contributed by atoms with van der Waals surface area (Å²) in [5, 5.41) is 9.11. The third kappa shape index (κ3) is 4.79. The quantitative estimate of drug-likeness (QED) is 0.623. The van der Waals surface area contributed by atoms with Gasteiger partial charge in [0.05, 0.1) is 22.5 Å². The van der Waals surface area contributed by atoms with E-state index < -0.39 is 22.5 Å². The van der Waals surface area contributed by atoms with Gasteiger partial charge in [-0.1, -0.05) is 12.1 Å². The van der Waals surface area contributed by atoms with Crippen molar-refractivity contribution in [3.8, 4) is 0 Å². The van der Waals surface area contributed by atoms with Crippen LogP contribution in [0.3, 0.4) is 0 Å². The number of pyridine rings is 1. The van der Waals surface area contributed by atoms with E-state index in [1.807, 2.05) is 0 Å². The number of rotatable bonds is 2. The Kier molecular flexibility index (Phi) is 5.21. The highest BCUT2D eigenvalue weighted by Gasteiger charge is 1.99. The number of aliphatic hydroxyl groups is 1. The number of aliphatic hydroxyl groups excluding tert-OH is 1.